The molecule has 0 amide bonds. The highest BCUT2D eigenvalue weighted by Gasteiger charge is 2.08. The van der Waals surface area contributed by atoms with Crippen molar-refractivity contribution in [1.29, 1.82) is 0 Å². The molecule has 0 unspecified atom stereocenters. The van der Waals surface area contributed by atoms with Crippen LogP contribution in [0.1, 0.15) is 32.1 Å². The van der Waals surface area contributed by atoms with Gasteiger partial charge in [0.25, 0.3) is 0 Å². The molecule has 1 aromatic rings. The van der Waals surface area contributed by atoms with Crippen LogP contribution in [-0.4, -0.2) is 44.1 Å². The minimum Gasteiger partial charge on any atom is -0.495 e. The molecule has 2 rings (SSSR count). The summed E-state index contributed by atoms with van der Waals surface area (Å²) in [4.78, 5) is 6.95. The normalized spacial score (nSPS) is 17.0. The number of guanidine groups is 1. The molecule has 22 heavy (non-hydrogen) atoms. The van der Waals surface area contributed by atoms with Gasteiger partial charge in [-0.2, -0.15) is 0 Å². The predicted octanol–water partition coefficient (Wildman–Crippen LogP) is 2.69. The van der Waals surface area contributed by atoms with E-state index in [-0.39, 0.29) is 0 Å². The second-order valence-electron chi connectivity index (χ2n) is 5.70. The van der Waals surface area contributed by atoms with E-state index in [2.05, 4.69) is 15.2 Å². The SMILES string of the molecule is COc1ccccc1NC(N)=NCCCN1CCCCCC1. The van der Waals surface area contributed by atoms with Crippen molar-refractivity contribution >= 4 is 11.6 Å². The van der Waals surface area contributed by atoms with Gasteiger partial charge in [0.15, 0.2) is 5.96 Å². The van der Waals surface area contributed by atoms with Gasteiger partial charge in [0, 0.05) is 6.54 Å². The summed E-state index contributed by atoms with van der Waals surface area (Å²) in [5.41, 5.74) is 6.79. The summed E-state index contributed by atoms with van der Waals surface area (Å²) in [5.74, 6) is 1.21. The number of rotatable bonds is 6. The summed E-state index contributed by atoms with van der Waals surface area (Å²) in [6.45, 7) is 4.34. The predicted molar refractivity (Wildman–Crippen MR) is 92.6 cm³/mol. The summed E-state index contributed by atoms with van der Waals surface area (Å²) >= 11 is 0. The van der Waals surface area contributed by atoms with Gasteiger partial charge in [0.1, 0.15) is 5.75 Å². The molecule has 0 aromatic heterocycles. The quantitative estimate of drug-likeness (QED) is 0.482. The standard InChI is InChI=1S/C17H28N4O/c1-22-16-10-5-4-9-15(16)20-17(18)19-11-8-14-21-12-6-2-3-7-13-21/h4-5,9-10H,2-3,6-8,11-14H2,1H3,(H3,18,19,20). The molecule has 1 fully saturated rings. The van der Waals surface area contributed by atoms with Crippen molar-refractivity contribution in [3.05, 3.63) is 24.3 Å². The summed E-state index contributed by atoms with van der Waals surface area (Å²) in [6, 6.07) is 7.70. The van der Waals surface area contributed by atoms with E-state index in [9.17, 15) is 0 Å². The molecular weight excluding hydrogens is 276 g/mol. The Kier molecular flexibility index (Phi) is 7.03. The number of hydrogen-bond acceptors (Lipinski definition) is 3. The van der Waals surface area contributed by atoms with Crippen molar-refractivity contribution in [2.24, 2.45) is 10.7 Å². The van der Waals surface area contributed by atoms with Gasteiger partial charge in [-0.15, -0.1) is 0 Å². The third-order valence-electron chi connectivity index (χ3n) is 3.98. The van der Waals surface area contributed by atoms with Crippen molar-refractivity contribution < 1.29 is 4.74 Å². The Balaban J connectivity index is 1.73. The van der Waals surface area contributed by atoms with Gasteiger partial charge in [-0.05, 0) is 51.0 Å². The molecule has 0 bridgehead atoms. The summed E-state index contributed by atoms with van der Waals surface area (Å²) in [6.07, 6.45) is 6.48. The number of nitrogens with zero attached hydrogens (tertiary/aromatic N) is 2. The molecule has 122 valence electrons. The van der Waals surface area contributed by atoms with Crippen molar-refractivity contribution in [2.75, 3.05) is 38.6 Å². The maximum Gasteiger partial charge on any atom is 0.193 e. The third-order valence-corrected chi connectivity index (χ3v) is 3.98. The van der Waals surface area contributed by atoms with Gasteiger partial charge in [0.05, 0.1) is 12.8 Å². The number of benzene rings is 1. The Morgan fingerprint density at radius 3 is 2.68 bits per heavy atom. The maximum absolute atomic E-state index is 5.94. The molecule has 0 atom stereocenters. The molecular formula is C17H28N4O. The van der Waals surface area contributed by atoms with Crippen LogP contribution in [-0.2, 0) is 0 Å². The number of methoxy groups -OCH3 is 1. The van der Waals surface area contributed by atoms with Gasteiger partial charge in [-0.3, -0.25) is 4.99 Å². The highest BCUT2D eigenvalue weighted by molar-refractivity contribution is 5.93. The van der Waals surface area contributed by atoms with E-state index in [0.717, 1.165) is 30.9 Å². The van der Waals surface area contributed by atoms with Crippen LogP contribution in [0.4, 0.5) is 5.69 Å². The zero-order valence-electron chi connectivity index (χ0n) is 13.6. The number of anilines is 1. The van der Waals surface area contributed by atoms with Gasteiger partial charge in [0.2, 0.25) is 0 Å². The second-order valence-corrected chi connectivity index (χ2v) is 5.70. The van der Waals surface area contributed by atoms with Crippen LogP contribution in [0.25, 0.3) is 0 Å². The van der Waals surface area contributed by atoms with Crippen molar-refractivity contribution in [3.8, 4) is 5.75 Å². The van der Waals surface area contributed by atoms with E-state index in [0.29, 0.717) is 5.96 Å². The summed E-state index contributed by atoms with van der Waals surface area (Å²) < 4.78 is 5.28. The fraction of sp³-hybridized carbons (Fsp3) is 0.588. The van der Waals surface area contributed by atoms with E-state index in [1.165, 1.54) is 38.8 Å². The first kappa shape index (κ1) is 16.6. The Morgan fingerprint density at radius 2 is 1.95 bits per heavy atom. The zero-order chi connectivity index (χ0) is 15.6. The van der Waals surface area contributed by atoms with E-state index in [1.807, 2.05) is 24.3 Å². The lowest BCUT2D eigenvalue weighted by molar-refractivity contribution is 0.283. The number of ether oxygens (including phenoxy) is 1. The first-order chi connectivity index (χ1) is 10.8. The Bertz CT molecular complexity index is 467. The molecule has 0 radical (unpaired) electrons. The molecule has 1 aromatic carbocycles. The molecule has 1 aliphatic heterocycles. The second kappa shape index (κ2) is 9.30. The topological polar surface area (TPSA) is 62.9 Å². The third kappa shape index (κ3) is 5.56. The largest absolute Gasteiger partial charge is 0.495 e. The average Bonchev–Trinajstić information content (AvgIpc) is 2.81. The van der Waals surface area contributed by atoms with Gasteiger partial charge < -0.3 is 20.7 Å². The minimum absolute atomic E-state index is 0.445. The highest BCUT2D eigenvalue weighted by Crippen LogP contribution is 2.22. The van der Waals surface area contributed by atoms with E-state index >= 15 is 0 Å². The number of nitrogens with one attached hydrogen (secondary N) is 1. The molecule has 5 nitrogen and oxygen atoms in total. The van der Waals surface area contributed by atoms with E-state index < -0.39 is 0 Å². The first-order valence-corrected chi connectivity index (χ1v) is 8.22. The van der Waals surface area contributed by atoms with Crippen LogP contribution >= 0.6 is 0 Å². The fourth-order valence-corrected chi connectivity index (χ4v) is 2.78. The Hall–Kier alpha value is -1.75. The molecule has 3 N–H and O–H groups in total. The molecule has 1 saturated heterocycles. The van der Waals surface area contributed by atoms with Crippen LogP contribution in [0.15, 0.2) is 29.3 Å². The van der Waals surface area contributed by atoms with Crippen molar-refractivity contribution in [3.63, 3.8) is 0 Å². The number of nitrogens with two attached hydrogens (primary N) is 1. The summed E-state index contributed by atoms with van der Waals surface area (Å²) in [7, 11) is 1.65. The van der Waals surface area contributed by atoms with Crippen LogP contribution in [0, 0.1) is 0 Å². The van der Waals surface area contributed by atoms with Crippen LogP contribution in [0.5, 0.6) is 5.75 Å². The van der Waals surface area contributed by atoms with Crippen LogP contribution < -0.4 is 15.8 Å². The Labute approximate surface area is 133 Å². The number of likely N-dealkylation sites (tertiary alicyclic amines) is 1. The van der Waals surface area contributed by atoms with Gasteiger partial charge in [-0.1, -0.05) is 25.0 Å². The fourth-order valence-electron chi connectivity index (χ4n) is 2.78. The smallest absolute Gasteiger partial charge is 0.193 e. The lowest BCUT2D eigenvalue weighted by Gasteiger charge is -2.18. The number of aliphatic imine (C=N–C) groups is 1. The maximum atomic E-state index is 5.94. The molecule has 1 aliphatic rings. The average molecular weight is 304 g/mol. The molecule has 1 heterocycles. The molecule has 0 spiro atoms. The highest BCUT2D eigenvalue weighted by atomic mass is 16.5. The monoisotopic (exact) mass is 304 g/mol. The lowest BCUT2D eigenvalue weighted by Crippen LogP contribution is -2.27. The lowest BCUT2D eigenvalue weighted by atomic mass is 10.2. The van der Waals surface area contributed by atoms with Crippen LogP contribution in [0.2, 0.25) is 0 Å². The summed E-state index contributed by atoms with van der Waals surface area (Å²) in [5, 5.41) is 3.10. The van der Waals surface area contributed by atoms with Gasteiger partial charge >= 0.3 is 0 Å². The Morgan fingerprint density at radius 1 is 1.23 bits per heavy atom. The van der Waals surface area contributed by atoms with Crippen molar-refractivity contribution in [2.45, 2.75) is 32.1 Å². The van der Waals surface area contributed by atoms with E-state index in [4.69, 9.17) is 10.5 Å². The molecule has 0 aliphatic carbocycles. The number of hydrogen-bond donors (Lipinski definition) is 2. The van der Waals surface area contributed by atoms with E-state index in [1.54, 1.807) is 7.11 Å². The molecule has 5 heteroatoms. The molecule has 0 saturated carbocycles. The van der Waals surface area contributed by atoms with Gasteiger partial charge in [-0.25, -0.2) is 0 Å². The first-order valence-electron chi connectivity index (χ1n) is 8.22. The van der Waals surface area contributed by atoms with Crippen molar-refractivity contribution in [1.82, 2.24) is 4.90 Å². The van der Waals surface area contributed by atoms with Crippen LogP contribution in [0.3, 0.4) is 0 Å². The minimum atomic E-state index is 0.445. The number of para-hydroxylation sites is 2. The zero-order valence-corrected chi connectivity index (χ0v) is 13.6.